The molecule has 26 heavy (non-hydrogen) atoms. The summed E-state index contributed by atoms with van der Waals surface area (Å²) in [4.78, 5) is 12.4. The predicted molar refractivity (Wildman–Crippen MR) is 85.3 cm³/mol. The molecule has 0 unspecified atom stereocenters. The van der Waals surface area contributed by atoms with E-state index in [0.29, 0.717) is 28.1 Å². The van der Waals surface area contributed by atoms with Gasteiger partial charge in [0.15, 0.2) is 0 Å². The van der Waals surface area contributed by atoms with Gasteiger partial charge in [0.25, 0.3) is 0 Å². The first kappa shape index (κ1) is 17.6. The highest BCUT2D eigenvalue weighted by molar-refractivity contribution is 5.47. The van der Waals surface area contributed by atoms with Gasteiger partial charge < -0.3 is 5.73 Å². The summed E-state index contributed by atoms with van der Waals surface area (Å²) in [7, 11) is 0. The minimum atomic E-state index is -4.75. The molecule has 10 heteroatoms. The van der Waals surface area contributed by atoms with Gasteiger partial charge in [-0.05, 0) is 52.7 Å². The highest BCUT2D eigenvalue weighted by atomic mass is 19.4. The molecule has 0 amide bonds. The Morgan fingerprint density at radius 3 is 2.50 bits per heavy atom. The van der Waals surface area contributed by atoms with Gasteiger partial charge in [0.2, 0.25) is 0 Å². The summed E-state index contributed by atoms with van der Waals surface area (Å²) < 4.78 is 53.6. The second-order valence-corrected chi connectivity index (χ2v) is 5.72. The molecule has 0 saturated carbocycles. The Bertz CT molecular complexity index is 1020. The van der Waals surface area contributed by atoms with E-state index < -0.39 is 23.2 Å². The SMILES string of the molecule is Cc1cc(Cn2nnn(-c3cc(F)cc(C(F)(F)F)c3)c2=O)ccc1N. The number of nitrogens with zero attached hydrogens (tertiary/aromatic N) is 4. The second kappa shape index (κ2) is 6.28. The Morgan fingerprint density at radius 2 is 1.85 bits per heavy atom. The fraction of sp³-hybridized carbons (Fsp3) is 0.188. The third-order valence-electron chi connectivity index (χ3n) is 3.76. The van der Waals surface area contributed by atoms with Gasteiger partial charge in [-0.1, -0.05) is 12.1 Å². The van der Waals surface area contributed by atoms with Crippen molar-refractivity contribution in [1.82, 2.24) is 19.8 Å². The van der Waals surface area contributed by atoms with E-state index in [0.717, 1.165) is 16.3 Å². The van der Waals surface area contributed by atoms with E-state index >= 15 is 0 Å². The molecule has 0 spiro atoms. The number of hydrogen-bond acceptors (Lipinski definition) is 4. The smallest absolute Gasteiger partial charge is 0.399 e. The van der Waals surface area contributed by atoms with Crippen molar-refractivity contribution in [2.75, 3.05) is 5.73 Å². The Hall–Kier alpha value is -3.17. The number of tetrazole rings is 1. The van der Waals surface area contributed by atoms with Crippen LogP contribution in [0.25, 0.3) is 5.69 Å². The van der Waals surface area contributed by atoms with Gasteiger partial charge in [0, 0.05) is 5.69 Å². The zero-order valence-corrected chi connectivity index (χ0v) is 13.5. The lowest BCUT2D eigenvalue weighted by molar-refractivity contribution is -0.137. The van der Waals surface area contributed by atoms with Crippen LogP contribution >= 0.6 is 0 Å². The third-order valence-corrected chi connectivity index (χ3v) is 3.76. The van der Waals surface area contributed by atoms with E-state index in [4.69, 9.17) is 5.73 Å². The van der Waals surface area contributed by atoms with Crippen molar-refractivity contribution in [3.63, 3.8) is 0 Å². The second-order valence-electron chi connectivity index (χ2n) is 5.72. The number of benzene rings is 2. The summed E-state index contributed by atoms with van der Waals surface area (Å²) in [5, 5.41) is 7.19. The van der Waals surface area contributed by atoms with Crippen LogP contribution in [0.5, 0.6) is 0 Å². The molecule has 0 aliphatic carbocycles. The highest BCUT2D eigenvalue weighted by Crippen LogP contribution is 2.30. The first-order valence-corrected chi connectivity index (χ1v) is 7.41. The van der Waals surface area contributed by atoms with Crippen molar-refractivity contribution in [2.24, 2.45) is 0 Å². The molecule has 1 heterocycles. The fourth-order valence-corrected chi connectivity index (χ4v) is 2.40. The van der Waals surface area contributed by atoms with Crippen LogP contribution in [0.3, 0.4) is 0 Å². The highest BCUT2D eigenvalue weighted by Gasteiger charge is 2.32. The lowest BCUT2D eigenvalue weighted by Crippen LogP contribution is -2.25. The van der Waals surface area contributed by atoms with E-state index in [-0.39, 0.29) is 12.2 Å². The van der Waals surface area contributed by atoms with Crippen molar-refractivity contribution in [3.05, 3.63) is 69.4 Å². The number of aryl methyl sites for hydroxylation is 1. The Kier molecular flexibility index (Phi) is 4.26. The fourth-order valence-electron chi connectivity index (χ4n) is 2.40. The summed E-state index contributed by atoms with van der Waals surface area (Å²) in [6.45, 7) is 1.84. The molecule has 0 radical (unpaired) electrons. The van der Waals surface area contributed by atoms with Crippen LogP contribution in [0.15, 0.2) is 41.2 Å². The molecule has 2 N–H and O–H groups in total. The van der Waals surface area contributed by atoms with Crippen LogP contribution in [0.4, 0.5) is 23.2 Å². The molecule has 0 aliphatic rings. The topological polar surface area (TPSA) is 78.7 Å². The van der Waals surface area contributed by atoms with Crippen LogP contribution in [0.2, 0.25) is 0 Å². The molecule has 3 rings (SSSR count). The summed E-state index contributed by atoms with van der Waals surface area (Å²) in [5.41, 5.74) is 5.46. The van der Waals surface area contributed by atoms with Crippen molar-refractivity contribution in [1.29, 1.82) is 0 Å². The van der Waals surface area contributed by atoms with Gasteiger partial charge in [-0.15, -0.1) is 0 Å². The van der Waals surface area contributed by atoms with Crippen LogP contribution in [-0.2, 0) is 12.7 Å². The van der Waals surface area contributed by atoms with Crippen LogP contribution in [0, 0.1) is 12.7 Å². The first-order valence-electron chi connectivity index (χ1n) is 7.41. The van der Waals surface area contributed by atoms with E-state index in [9.17, 15) is 22.4 Å². The summed E-state index contributed by atoms with van der Waals surface area (Å²) >= 11 is 0. The minimum Gasteiger partial charge on any atom is -0.399 e. The van der Waals surface area contributed by atoms with Gasteiger partial charge in [0.05, 0.1) is 17.8 Å². The normalized spacial score (nSPS) is 11.7. The number of nitrogens with two attached hydrogens (primary N) is 1. The zero-order valence-electron chi connectivity index (χ0n) is 13.5. The number of aromatic nitrogens is 4. The number of halogens is 4. The van der Waals surface area contributed by atoms with Gasteiger partial charge in [-0.2, -0.15) is 22.5 Å². The van der Waals surface area contributed by atoms with Gasteiger partial charge in [-0.25, -0.2) is 9.18 Å². The molecule has 1 aromatic heterocycles. The molecule has 2 aromatic carbocycles. The van der Waals surface area contributed by atoms with Gasteiger partial charge in [-0.3, -0.25) is 0 Å². The first-order chi connectivity index (χ1) is 12.1. The van der Waals surface area contributed by atoms with Crippen LogP contribution in [-0.4, -0.2) is 19.8 Å². The molecule has 0 fully saturated rings. The maximum absolute atomic E-state index is 13.5. The maximum Gasteiger partial charge on any atom is 0.416 e. The van der Waals surface area contributed by atoms with Crippen LogP contribution in [0.1, 0.15) is 16.7 Å². The summed E-state index contributed by atoms with van der Waals surface area (Å²) in [6, 6.07) is 6.88. The average Bonchev–Trinajstić information content (AvgIpc) is 2.90. The quantitative estimate of drug-likeness (QED) is 0.570. The number of hydrogen-bond donors (Lipinski definition) is 1. The summed E-state index contributed by atoms with van der Waals surface area (Å²) in [5.74, 6) is -1.13. The Morgan fingerprint density at radius 1 is 1.12 bits per heavy atom. The standard InChI is InChI=1S/C16H13F4N5O/c1-9-4-10(2-3-14(9)21)8-24-15(26)25(23-22-24)13-6-11(16(18,19)20)5-12(17)7-13/h2-7H,8,21H2,1H3. The lowest BCUT2D eigenvalue weighted by Gasteiger charge is -2.08. The molecule has 0 atom stereocenters. The largest absolute Gasteiger partial charge is 0.416 e. The van der Waals surface area contributed by atoms with E-state index in [1.807, 2.05) is 0 Å². The average molecular weight is 367 g/mol. The van der Waals surface area contributed by atoms with E-state index in [1.54, 1.807) is 25.1 Å². The van der Waals surface area contributed by atoms with Crippen molar-refractivity contribution >= 4 is 5.69 Å². The zero-order chi connectivity index (χ0) is 19.1. The molecule has 0 bridgehead atoms. The molecule has 3 aromatic rings. The Labute approximate surface area is 144 Å². The van der Waals surface area contributed by atoms with Crippen LogP contribution < -0.4 is 11.4 Å². The molecular formula is C16H13F4N5O. The number of rotatable bonds is 3. The number of alkyl halides is 3. The van der Waals surface area contributed by atoms with E-state index in [1.165, 1.54) is 0 Å². The molecule has 136 valence electrons. The van der Waals surface area contributed by atoms with Crippen molar-refractivity contribution in [2.45, 2.75) is 19.6 Å². The van der Waals surface area contributed by atoms with Gasteiger partial charge >= 0.3 is 11.9 Å². The van der Waals surface area contributed by atoms with Crippen molar-refractivity contribution in [3.8, 4) is 5.69 Å². The third kappa shape index (κ3) is 3.44. The minimum absolute atomic E-state index is 0.0431. The van der Waals surface area contributed by atoms with Gasteiger partial charge in [0.1, 0.15) is 5.82 Å². The molecule has 0 aliphatic heterocycles. The lowest BCUT2D eigenvalue weighted by atomic mass is 10.1. The monoisotopic (exact) mass is 367 g/mol. The predicted octanol–water partition coefficient (Wildman–Crippen LogP) is 2.53. The molecule has 0 saturated heterocycles. The van der Waals surface area contributed by atoms with Crippen molar-refractivity contribution < 1.29 is 17.6 Å². The molecule has 6 nitrogen and oxygen atoms in total. The number of anilines is 1. The Balaban J connectivity index is 1.98. The maximum atomic E-state index is 13.5. The number of nitrogen functional groups attached to an aromatic ring is 1. The molecular weight excluding hydrogens is 354 g/mol. The van der Waals surface area contributed by atoms with E-state index in [2.05, 4.69) is 10.4 Å². The summed E-state index contributed by atoms with van der Waals surface area (Å²) in [6.07, 6.45) is -4.75.